The fourth-order valence-corrected chi connectivity index (χ4v) is 6.42. The number of halogens is 2. The van der Waals surface area contributed by atoms with Gasteiger partial charge in [-0.1, -0.05) is 20.8 Å². The van der Waals surface area contributed by atoms with Crippen LogP contribution in [0.4, 0.5) is 27.5 Å². The molecule has 4 aromatic rings. The van der Waals surface area contributed by atoms with E-state index in [1.165, 1.54) is 7.11 Å². The molecule has 5 rings (SSSR count). The molecule has 1 fully saturated rings. The molecule has 0 aliphatic heterocycles. The molecule has 1 aliphatic rings. The maximum Gasteiger partial charge on any atom is 0.229 e. The Morgan fingerprint density at radius 1 is 1.10 bits per heavy atom. The Kier molecular flexibility index (Phi) is 7.14. The van der Waals surface area contributed by atoms with Gasteiger partial charge >= 0.3 is 0 Å². The lowest BCUT2D eigenvalue weighted by Gasteiger charge is -2.26. The number of hydrogen-bond donors (Lipinski definition) is 2. The Morgan fingerprint density at radius 2 is 1.82 bits per heavy atom. The fraction of sp³-hybridized carbons (Fsp3) is 0.357. The third kappa shape index (κ3) is 5.50. The lowest BCUT2D eigenvalue weighted by atomic mass is 9.81. The molecule has 1 aliphatic carbocycles. The van der Waals surface area contributed by atoms with Gasteiger partial charge in [0.25, 0.3) is 0 Å². The van der Waals surface area contributed by atoms with Crippen LogP contribution >= 0.6 is 23.1 Å². The molecule has 11 heteroatoms. The van der Waals surface area contributed by atoms with Crippen molar-refractivity contribution in [2.24, 2.45) is 0 Å². The summed E-state index contributed by atoms with van der Waals surface area (Å²) in [5.74, 6) is 0.842. The van der Waals surface area contributed by atoms with Crippen molar-refractivity contribution in [3.63, 3.8) is 0 Å². The Hall–Kier alpha value is -3.10. The summed E-state index contributed by atoms with van der Waals surface area (Å²) in [7, 11) is -1.25. The smallest absolute Gasteiger partial charge is 0.229 e. The van der Waals surface area contributed by atoms with Gasteiger partial charge in [-0.05, 0) is 82.8 Å². The van der Waals surface area contributed by atoms with Crippen molar-refractivity contribution >= 4 is 62.6 Å². The lowest BCUT2D eigenvalue weighted by molar-refractivity contribution is 0.410. The van der Waals surface area contributed by atoms with Gasteiger partial charge in [-0.2, -0.15) is 4.98 Å². The van der Waals surface area contributed by atoms with Crippen LogP contribution in [0.15, 0.2) is 41.3 Å². The van der Waals surface area contributed by atoms with Crippen molar-refractivity contribution in [2.45, 2.75) is 44.9 Å². The van der Waals surface area contributed by atoms with Crippen LogP contribution in [-0.4, -0.2) is 40.4 Å². The topological polar surface area (TPSA) is 102 Å². The van der Waals surface area contributed by atoms with Crippen molar-refractivity contribution in [1.82, 2.24) is 19.9 Å². The molecule has 2 aromatic heterocycles. The van der Waals surface area contributed by atoms with Crippen molar-refractivity contribution in [1.29, 1.82) is 0 Å². The molecule has 0 spiro atoms. The highest BCUT2D eigenvalue weighted by Gasteiger charge is 2.35. The van der Waals surface area contributed by atoms with E-state index in [2.05, 4.69) is 67.3 Å². The molecule has 39 heavy (non-hydrogen) atoms. The maximum absolute atomic E-state index is 16.1. The monoisotopic (exact) mass is 612 g/mol. The normalized spacial score (nSPS) is 13.9. The highest BCUT2D eigenvalue weighted by molar-refractivity contribution is 9.10. The Balaban J connectivity index is 1.56. The van der Waals surface area contributed by atoms with Crippen molar-refractivity contribution < 1.29 is 13.7 Å². The van der Waals surface area contributed by atoms with Gasteiger partial charge in [0, 0.05) is 18.6 Å². The molecular formula is C28H31BrFN6O2P. The first kappa shape index (κ1) is 27.5. The van der Waals surface area contributed by atoms with Crippen molar-refractivity contribution in [3.05, 3.63) is 58.2 Å². The van der Waals surface area contributed by atoms with E-state index in [9.17, 15) is 4.57 Å². The zero-order valence-corrected chi connectivity index (χ0v) is 25.2. The number of methoxy groups -OCH3 is 1. The molecule has 8 nitrogen and oxygen atoms in total. The van der Waals surface area contributed by atoms with E-state index >= 15 is 4.39 Å². The van der Waals surface area contributed by atoms with Crippen LogP contribution < -0.4 is 20.7 Å². The SMILES string of the molecule is COc1cc(C(C)(C)C)c(C2CC2)c(F)c1Nc1ncc(Br)c(Nc2ccc3nccnc3c2P(C)(C)=O)n1. The number of anilines is 4. The van der Waals surface area contributed by atoms with Gasteiger partial charge in [0.05, 0.1) is 28.1 Å². The largest absolute Gasteiger partial charge is 0.494 e. The number of aromatic nitrogens is 4. The van der Waals surface area contributed by atoms with Gasteiger partial charge in [-0.15, -0.1) is 0 Å². The van der Waals surface area contributed by atoms with Crippen LogP contribution in [0.5, 0.6) is 5.75 Å². The summed E-state index contributed by atoms with van der Waals surface area (Å²) in [5.41, 5.74) is 3.45. The zero-order chi connectivity index (χ0) is 28.1. The van der Waals surface area contributed by atoms with E-state index in [0.717, 1.165) is 24.0 Å². The van der Waals surface area contributed by atoms with Crippen LogP contribution in [0.25, 0.3) is 11.0 Å². The Labute approximate surface area is 235 Å². The quantitative estimate of drug-likeness (QED) is 0.211. The average Bonchev–Trinajstić information content (AvgIpc) is 3.70. The molecule has 0 amide bonds. The van der Waals surface area contributed by atoms with Gasteiger partial charge in [0.15, 0.2) is 5.82 Å². The number of nitrogens with one attached hydrogen (secondary N) is 2. The molecule has 0 radical (unpaired) electrons. The van der Waals surface area contributed by atoms with Crippen LogP contribution in [-0.2, 0) is 9.98 Å². The highest BCUT2D eigenvalue weighted by Crippen LogP contribution is 2.49. The third-order valence-corrected chi connectivity index (χ3v) is 8.78. The number of hydrogen-bond acceptors (Lipinski definition) is 8. The lowest BCUT2D eigenvalue weighted by Crippen LogP contribution is -2.17. The first-order chi connectivity index (χ1) is 18.4. The second kappa shape index (κ2) is 10.1. The summed E-state index contributed by atoms with van der Waals surface area (Å²) in [5, 5.41) is 6.91. The van der Waals surface area contributed by atoms with Gasteiger partial charge in [-0.3, -0.25) is 9.97 Å². The van der Waals surface area contributed by atoms with Gasteiger partial charge in [-0.25, -0.2) is 9.37 Å². The molecule has 0 bridgehead atoms. The molecular weight excluding hydrogens is 582 g/mol. The molecule has 0 saturated heterocycles. The Bertz CT molecular complexity index is 1630. The van der Waals surface area contributed by atoms with Crippen LogP contribution in [0.1, 0.15) is 50.7 Å². The minimum Gasteiger partial charge on any atom is -0.494 e. The van der Waals surface area contributed by atoms with E-state index in [-0.39, 0.29) is 28.8 Å². The second-order valence-corrected chi connectivity index (χ2v) is 15.1. The summed E-state index contributed by atoms with van der Waals surface area (Å²) in [6.07, 6.45) is 6.68. The predicted octanol–water partition coefficient (Wildman–Crippen LogP) is 7.24. The van der Waals surface area contributed by atoms with E-state index in [1.54, 1.807) is 31.9 Å². The highest BCUT2D eigenvalue weighted by atomic mass is 79.9. The predicted molar refractivity (Wildman–Crippen MR) is 159 cm³/mol. The first-order valence-corrected chi connectivity index (χ1v) is 16.0. The van der Waals surface area contributed by atoms with Crippen LogP contribution in [0.2, 0.25) is 0 Å². The van der Waals surface area contributed by atoms with E-state index in [0.29, 0.717) is 38.1 Å². The maximum atomic E-state index is 16.1. The summed E-state index contributed by atoms with van der Waals surface area (Å²) in [4.78, 5) is 17.8. The summed E-state index contributed by atoms with van der Waals surface area (Å²) >= 11 is 3.50. The van der Waals surface area contributed by atoms with E-state index < -0.39 is 7.14 Å². The molecule has 0 unspecified atom stereocenters. The minimum absolute atomic E-state index is 0.182. The molecule has 2 N–H and O–H groups in total. The van der Waals surface area contributed by atoms with Gasteiger partial charge in [0.1, 0.15) is 29.9 Å². The first-order valence-electron chi connectivity index (χ1n) is 12.6. The Morgan fingerprint density at radius 3 is 2.46 bits per heavy atom. The number of rotatable bonds is 7. The fourth-order valence-electron chi connectivity index (χ4n) is 4.73. The minimum atomic E-state index is -2.77. The zero-order valence-electron chi connectivity index (χ0n) is 22.8. The van der Waals surface area contributed by atoms with E-state index in [1.807, 2.05) is 18.2 Å². The standard InChI is InChI=1S/C28H31BrFN6O2P/c1-28(2,3)16-13-20(38-4)24(22(30)21(16)15-7-8-15)35-27-33-14-17(29)26(36-27)34-19-10-9-18-23(32-12-11-31-18)25(19)39(5,6)37/h9-15H,7-8H2,1-6H3,(H2,33,34,35,36). The molecule has 1 saturated carbocycles. The molecule has 204 valence electrons. The third-order valence-electron chi connectivity index (χ3n) is 6.67. The number of nitrogens with zero attached hydrogens (tertiary/aromatic N) is 4. The van der Waals surface area contributed by atoms with Crippen LogP contribution in [0, 0.1) is 5.82 Å². The molecule has 0 atom stereocenters. The second-order valence-electron chi connectivity index (χ2n) is 11.1. The summed E-state index contributed by atoms with van der Waals surface area (Å²) in [6.45, 7) is 9.62. The summed E-state index contributed by atoms with van der Waals surface area (Å²) < 4.78 is 35.6. The van der Waals surface area contributed by atoms with Gasteiger partial charge < -0.3 is 19.9 Å². The van der Waals surface area contributed by atoms with Crippen molar-refractivity contribution in [3.8, 4) is 5.75 Å². The van der Waals surface area contributed by atoms with Crippen molar-refractivity contribution in [2.75, 3.05) is 31.1 Å². The van der Waals surface area contributed by atoms with E-state index in [4.69, 9.17) is 4.74 Å². The average molecular weight is 613 g/mol. The number of benzene rings is 2. The van der Waals surface area contributed by atoms with Gasteiger partial charge in [0.2, 0.25) is 5.95 Å². The molecule has 2 heterocycles. The number of fused-ring (bicyclic) bond motifs is 1. The van der Waals surface area contributed by atoms with Crippen LogP contribution in [0.3, 0.4) is 0 Å². The summed E-state index contributed by atoms with van der Waals surface area (Å²) in [6, 6.07) is 5.54. The molecule has 2 aromatic carbocycles. The number of ether oxygens (including phenoxy) is 1.